The van der Waals surface area contributed by atoms with Crippen LogP contribution in [0.3, 0.4) is 0 Å². The van der Waals surface area contributed by atoms with E-state index >= 15 is 0 Å². The van der Waals surface area contributed by atoms with Crippen LogP contribution in [0.5, 0.6) is 0 Å². The summed E-state index contributed by atoms with van der Waals surface area (Å²) in [5, 5.41) is 8.87. The van der Waals surface area contributed by atoms with Gasteiger partial charge in [0.2, 0.25) is 0 Å². The minimum atomic E-state index is 0.543. The van der Waals surface area contributed by atoms with Gasteiger partial charge in [0.1, 0.15) is 12.4 Å². The molecule has 0 saturated heterocycles. The van der Waals surface area contributed by atoms with Gasteiger partial charge in [-0.15, -0.1) is 0 Å². The zero-order valence-corrected chi connectivity index (χ0v) is 8.09. The van der Waals surface area contributed by atoms with Crippen molar-refractivity contribution < 1.29 is 0 Å². The lowest BCUT2D eigenvalue weighted by molar-refractivity contribution is 1.01. The SMILES string of the molecule is N#Cc1cncnc1Cc1ccccc1. The Morgan fingerprint density at radius 3 is 2.73 bits per heavy atom. The number of nitrogens with zero attached hydrogens (tertiary/aromatic N) is 3. The summed E-state index contributed by atoms with van der Waals surface area (Å²) in [5.41, 5.74) is 2.47. The van der Waals surface area contributed by atoms with Gasteiger partial charge in [0.15, 0.2) is 0 Å². The third kappa shape index (κ3) is 2.18. The first kappa shape index (κ1) is 9.35. The highest BCUT2D eigenvalue weighted by molar-refractivity contribution is 5.33. The molecule has 15 heavy (non-hydrogen) atoms. The van der Waals surface area contributed by atoms with E-state index in [1.54, 1.807) is 6.20 Å². The molecule has 0 spiro atoms. The van der Waals surface area contributed by atoms with Crippen molar-refractivity contribution in [3.63, 3.8) is 0 Å². The highest BCUT2D eigenvalue weighted by Gasteiger charge is 2.03. The number of hydrogen-bond acceptors (Lipinski definition) is 3. The van der Waals surface area contributed by atoms with Crippen LogP contribution in [0.25, 0.3) is 0 Å². The molecule has 0 unspecified atom stereocenters. The minimum Gasteiger partial charge on any atom is -0.243 e. The molecule has 0 aliphatic carbocycles. The van der Waals surface area contributed by atoms with E-state index in [1.165, 1.54) is 6.33 Å². The summed E-state index contributed by atoms with van der Waals surface area (Å²) >= 11 is 0. The molecule has 0 amide bonds. The minimum absolute atomic E-state index is 0.543. The van der Waals surface area contributed by atoms with Gasteiger partial charge in [0, 0.05) is 12.6 Å². The lowest BCUT2D eigenvalue weighted by Gasteiger charge is -2.01. The van der Waals surface area contributed by atoms with Gasteiger partial charge < -0.3 is 0 Å². The Morgan fingerprint density at radius 1 is 1.20 bits per heavy atom. The summed E-state index contributed by atoms with van der Waals surface area (Å²) in [7, 11) is 0. The first-order chi connectivity index (χ1) is 7.40. The molecule has 0 aliphatic heterocycles. The van der Waals surface area contributed by atoms with Crippen LogP contribution in [0.1, 0.15) is 16.8 Å². The Labute approximate surface area is 88.1 Å². The zero-order chi connectivity index (χ0) is 10.5. The van der Waals surface area contributed by atoms with Crippen molar-refractivity contribution in [2.45, 2.75) is 6.42 Å². The van der Waals surface area contributed by atoms with Crippen LogP contribution in [0.2, 0.25) is 0 Å². The molecule has 0 fully saturated rings. The van der Waals surface area contributed by atoms with Gasteiger partial charge in [-0.05, 0) is 5.56 Å². The molecular weight excluding hydrogens is 186 g/mol. The van der Waals surface area contributed by atoms with Crippen molar-refractivity contribution in [3.05, 3.63) is 59.7 Å². The topological polar surface area (TPSA) is 49.6 Å². The van der Waals surface area contributed by atoms with Crippen molar-refractivity contribution in [1.29, 1.82) is 5.26 Å². The van der Waals surface area contributed by atoms with E-state index in [2.05, 4.69) is 16.0 Å². The average molecular weight is 195 g/mol. The summed E-state index contributed by atoms with van der Waals surface area (Å²) in [4.78, 5) is 7.94. The van der Waals surface area contributed by atoms with Crippen molar-refractivity contribution in [2.75, 3.05) is 0 Å². The molecule has 0 N–H and O–H groups in total. The molecule has 3 heteroatoms. The molecule has 2 rings (SSSR count). The molecular formula is C12H9N3. The standard InChI is InChI=1S/C12H9N3/c13-7-11-8-14-9-15-12(11)6-10-4-2-1-3-5-10/h1-5,8-9H,6H2. The maximum atomic E-state index is 8.87. The molecule has 0 atom stereocenters. The summed E-state index contributed by atoms with van der Waals surface area (Å²) in [5.74, 6) is 0. The predicted octanol–water partition coefficient (Wildman–Crippen LogP) is 1.94. The Morgan fingerprint density at radius 2 is 2.00 bits per heavy atom. The molecule has 72 valence electrons. The molecule has 1 aromatic carbocycles. The van der Waals surface area contributed by atoms with Crippen LogP contribution in [-0.2, 0) is 6.42 Å². The van der Waals surface area contributed by atoms with Crippen LogP contribution in [-0.4, -0.2) is 9.97 Å². The number of benzene rings is 1. The normalized spacial score (nSPS) is 9.53. The Kier molecular flexibility index (Phi) is 2.70. The zero-order valence-electron chi connectivity index (χ0n) is 8.09. The molecule has 3 nitrogen and oxygen atoms in total. The Balaban J connectivity index is 2.29. The molecule has 0 saturated carbocycles. The van der Waals surface area contributed by atoms with Gasteiger partial charge in [-0.25, -0.2) is 9.97 Å². The van der Waals surface area contributed by atoms with Crippen molar-refractivity contribution in [1.82, 2.24) is 9.97 Å². The summed E-state index contributed by atoms with van der Waals surface area (Å²) < 4.78 is 0. The van der Waals surface area contributed by atoms with E-state index in [0.717, 1.165) is 11.3 Å². The van der Waals surface area contributed by atoms with E-state index in [9.17, 15) is 0 Å². The predicted molar refractivity (Wildman–Crippen MR) is 56.0 cm³/mol. The van der Waals surface area contributed by atoms with Crippen molar-refractivity contribution in [2.24, 2.45) is 0 Å². The maximum absolute atomic E-state index is 8.87. The van der Waals surface area contributed by atoms with Crippen LogP contribution in [0, 0.1) is 11.3 Å². The van der Waals surface area contributed by atoms with E-state index in [-0.39, 0.29) is 0 Å². The first-order valence-corrected chi connectivity index (χ1v) is 4.63. The third-order valence-corrected chi connectivity index (χ3v) is 2.13. The van der Waals surface area contributed by atoms with Gasteiger partial charge >= 0.3 is 0 Å². The smallest absolute Gasteiger partial charge is 0.115 e. The third-order valence-electron chi connectivity index (χ3n) is 2.13. The quantitative estimate of drug-likeness (QED) is 0.735. The fraction of sp³-hybridized carbons (Fsp3) is 0.0833. The van der Waals surface area contributed by atoms with Gasteiger partial charge in [-0.2, -0.15) is 5.26 Å². The van der Waals surface area contributed by atoms with Crippen LogP contribution in [0.15, 0.2) is 42.9 Å². The highest BCUT2D eigenvalue weighted by atomic mass is 14.8. The van der Waals surface area contributed by atoms with Crippen LogP contribution in [0.4, 0.5) is 0 Å². The highest BCUT2D eigenvalue weighted by Crippen LogP contribution is 2.09. The number of hydrogen-bond donors (Lipinski definition) is 0. The number of rotatable bonds is 2. The van der Waals surface area contributed by atoms with E-state index in [4.69, 9.17) is 5.26 Å². The Hall–Kier alpha value is -2.21. The molecule has 0 radical (unpaired) electrons. The number of aromatic nitrogens is 2. The summed E-state index contributed by atoms with van der Waals surface area (Å²) in [6.07, 6.45) is 3.69. The maximum Gasteiger partial charge on any atom is 0.115 e. The lowest BCUT2D eigenvalue weighted by Crippen LogP contribution is -1.96. The lowest BCUT2D eigenvalue weighted by atomic mass is 10.1. The largest absolute Gasteiger partial charge is 0.243 e. The summed E-state index contributed by atoms with van der Waals surface area (Å²) in [6.45, 7) is 0. The fourth-order valence-corrected chi connectivity index (χ4v) is 1.38. The number of nitriles is 1. The van der Waals surface area contributed by atoms with Crippen molar-refractivity contribution in [3.8, 4) is 6.07 Å². The second kappa shape index (κ2) is 4.34. The van der Waals surface area contributed by atoms with E-state index in [0.29, 0.717) is 12.0 Å². The molecule has 0 aliphatic rings. The Bertz CT molecular complexity index is 486. The molecule has 0 bridgehead atoms. The first-order valence-electron chi connectivity index (χ1n) is 4.63. The molecule has 1 heterocycles. The second-order valence-electron chi connectivity index (χ2n) is 3.16. The average Bonchev–Trinajstić information content (AvgIpc) is 2.31. The monoisotopic (exact) mass is 195 g/mol. The summed E-state index contributed by atoms with van der Waals surface area (Å²) in [6, 6.07) is 12.0. The van der Waals surface area contributed by atoms with Gasteiger partial charge in [0.25, 0.3) is 0 Å². The van der Waals surface area contributed by atoms with E-state index in [1.807, 2.05) is 30.3 Å². The van der Waals surface area contributed by atoms with Gasteiger partial charge in [-0.1, -0.05) is 30.3 Å². The van der Waals surface area contributed by atoms with Crippen LogP contribution < -0.4 is 0 Å². The van der Waals surface area contributed by atoms with Gasteiger partial charge in [-0.3, -0.25) is 0 Å². The van der Waals surface area contributed by atoms with E-state index < -0.39 is 0 Å². The second-order valence-corrected chi connectivity index (χ2v) is 3.16. The fourth-order valence-electron chi connectivity index (χ4n) is 1.38. The molecule has 1 aromatic heterocycles. The van der Waals surface area contributed by atoms with Gasteiger partial charge in [0.05, 0.1) is 11.3 Å². The van der Waals surface area contributed by atoms with Crippen molar-refractivity contribution >= 4 is 0 Å². The van der Waals surface area contributed by atoms with Crippen LogP contribution >= 0.6 is 0 Å². The molecule has 2 aromatic rings.